The zero-order valence-corrected chi connectivity index (χ0v) is 18.1. The smallest absolute Gasteiger partial charge is 0.338 e. The van der Waals surface area contributed by atoms with Gasteiger partial charge in [-0.2, -0.15) is 10.1 Å². The van der Waals surface area contributed by atoms with Gasteiger partial charge in [0, 0.05) is 11.3 Å². The minimum Gasteiger partial charge on any atom is -0.489 e. The summed E-state index contributed by atoms with van der Waals surface area (Å²) in [5, 5.41) is 7.53. The van der Waals surface area contributed by atoms with E-state index in [1.54, 1.807) is 4.68 Å². The fraction of sp³-hybridized carbons (Fsp3) is 0.292. The van der Waals surface area contributed by atoms with Crippen LogP contribution in [-0.2, 0) is 16.1 Å². The van der Waals surface area contributed by atoms with Crippen molar-refractivity contribution in [2.75, 3.05) is 5.32 Å². The molecule has 0 radical (unpaired) electrons. The van der Waals surface area contributed by atoms with Crippen molar-refractivity contribution in [1.82, 2.24) is 14.8 Å². The van der Waals surface area contributed by atoms with E-state index in [0.29, 0.717) is 29.6 Å². The molecule has 1 atom stereocenters. The lowest BCUT2D eigenvalue weighted by molar-refractivity contribution is -0.143. The fourth-order valence-corrected chi connectivity index (χ4v) is 3.60. The molecule has 4 rings (SSSR count). The number of carbonyl (C=O) groups is 1. The van der Waals surface area contributed by atoms with Gasteiger partial charge in [0.1, 0.15) is 24.7 Å². The Hall–Kier alpha value is -3.61. The first-order valence-corrected chi connectivity index (χ1v) is 10.3. The van der Waals surface area contributed by atoms with Crippen LogP contribution in [0.1, 0.15) is 43.5 Å². The number of rotatable bonds is 6. The minimum atomic E-state index is -0.515. The van der Waals surface area contributed by atoms with Gasteiger partial charge in [0.15, 0.2) is 0 Å². The molecule has 0 spiro atoms. The van der Waals surface area contributed by atoms with E-state index in [1.807, 2.05) is 57.2 Å². The standard InChI is InChI=1S/C24H26N4O3/c1-15(2)31-23(29)21-17(4)27-24-25-14-26-28(24)22(21)19-7-5-6-8-20(19)30-13-18-11-9-16(3)10-12-18/h5-12,14-15,22H,13H2,1-4H3,(H,25,26,27). The van der Waals surface area contributed by atoms with Crippen LogP contribution in [0.5, 0.6) is 5.75 Å². The molecule has 2 aromatic carbocycles. The highest BCUT2D eigenvalue weighted by Crippen LogP contribution is 2.39. The van der Waals surface area contributed by atoms with Crippen LogP contribution < -0.4 is 10.1 Å². The zero-order valence-electron chi connectivity index (χ0n) is 18.1. The Morgan fingerprint density at radius 2 is 1.87 bits per heavy atom. The lowest BCUT2D eigenvalue weighted by Crippen LogP contribution is -2.30. The van der Waals surface area contributed by atoms with Crippen LogP contribution in [-0.4, -0.2) is 26.8 Å². The number of para-hydroxylation sites is 1. The number of allylic oxidation sites excluding steroid dienone is 1. The SMILES string of the molecule is CC1=C(C(=O)OC(C)C)C(c2ccccc2OCc2ccc(C)cc2)n2ncnc2N1. The third kappa shape index (κ3) is 4.30. The molecular formula is C24H26N4O3. The first kappa shape index (κ1) is 20.7. The Morgan fingerprint density at radius 3 is 2.61 bits per heavy atom. The van der Waals surface area contributed by atoms with Crippen molar-refractivity contribution in [3.63, 3.8) is 0 Å². The molecule has 1 unspecified atom stereocenters. The largest absolute Gasteiger partial charge is 0.489 e. The quantitative estimate of drug-likeness (QED) is 0.598. The van der Waals surface area contributed by atoms with Gasteiger partial charge in [-0.25, -0.2) is 9.48 Å². The lowest BCUT2D eigenvalue weighted by atomic mass is 9.95. The Morgan fingerprint density at radius 1 is 1.13 bits per heavy atom. The summed E-state index contributed by atoms with van der Waals surface area (Å²) in [6.07, 6.45) is 1.23. The average Bonchev–Trinajstić information content (AvgIpc) is 3.20. The molecule has 1 aliphatic heterocycles. The van der Waals surface area contributed by atoms with E-state index in [2.05, 4.69) is 34.5 Å². The van der Waals surface area contributed by atoms with Gasteiger partial charge in [-0.05, 0) is 39.3 Å². The van der Waals surface area contributed by atoms with E-state index in [9.17, 15) is 4.79 Å². The number of nitrogens with one attached hydrogen (secondary N) is 1. The van der Waals surface area contributed by atoms with Crippen molar-refractivity contribution in [1.29, 1.82) is 0 Å². The van der Waals surface area contributed by atoms with Gasteiger partial charge in [-0.1, -0.05) is 48.0 Å². The maximum absolute atomic E-state index is 13.0. The highest BCUT2D eigenvalue weighted by Gasteiger charge is 2.36. The number of hydrogen-bond donors (Lipinski definition) is 1. The molecule has 3 aromatic rings. The molecule has 0 amide bonds. The molecule has 7 heteroatoms. The van der Waals surface area contributed by atoms with E-state index in [-0.39, 0.29) is 12.1 Å². The first-order valence-electron chi connectivity index (χ1n) is 10.3. The molecule has 160 valence electrons. The van der Waals surface area contributed by atoms with Gasteiger partial charge in [0.25, 0.3) is 0 Å². The third-order valence-electron chi connectivity index (χ3n) is 5.09. The number of aromatic nitrogens is 3. The van der Waals surface area contributed by atoms with Crippen molar-refractivity contribution >= 4 is 11.9 Å². The second-order valence-corrected chi connectivity index (χ2v) is 7.86. The maximum atomic E-state index is 13.0. The number of aryl methyl sites for hydroxylation is 1. The van der Waals surface area contributed by atoms with Crippen LogP contribution in [0.3, 0.4) is 0 Å². The van der Waals surface area contributed by atoms with Crippen molar-refractivity contribution in [3.05, 3.63) is 82.8 Å². The van der Waals surface area contributed by atoms with Crippen LogP contribution in [0.4, 0.5) is 5.95 Å². The van der Waals surface area contributed by atoms with E-state index in [4.69, 9.17) is 9.47 Å². The third-order valence-corrected chi connectivity index (χ3v) is 5.09. The summed E-state index contributed by atoms with van der Waals surface area (Å²) in [5.41, 5.74) is 4.25. The van der Waals surface area contributed by atoms with Crippen molar-refractivity contribution < 1.29 is 14.3 Å². The van der Waals surface area contributed by atoms with Gasteiger partial charge >= 0.3 is 5.97 Å². The van der Waals surface area contributed by atoms with Crippen LogP contribution in [0.25, 0.3) is 0 Å². The summed E-state index contributed by atoms with van der Waals surface area (Å²) in [4.78, 5) is 17.3. The number of benzene rings is 2. The predicted molar refractivity (Wildman–Crippen MR) is 118 cm³/mol. The monoisotopic (exact) mass is 418 g/mol. The van der Waals surface area contributed by atoms with Crippen LogP contribution in [0.15, 0.2) is 66.1 Å². The van der Waals surface area contributed by atoms with Gasteiger partial charge < -0.3 is 14.8 Å². The molecule has 0 bridgehead atoms. The number of hydrogen-bond acceptors (Lipinski definition) is 6. The Balaban J connectivity index is 1.72. The topological polar surface area (TPSA) is 78.3 Å². The lowest BCUT2D eigenvalue weighted by Gasteiger charge is -2.29. The van der Waals surface area contributed by atoms with Gasteiger partial charge in [-0.15, -0.1) is 0 Å². The molecule has 1 aromatic heterocycles. The number of carbonyl (C=O) groups excluding carboxylic acids is 1. The molecule has 0 aliphatic carbocycles. The summed E-state index contributed by atoms with van der Waals surface area (Å²) in [5.74, 6) is 0.857. The normalized spacial score (nSPS) is 15.5. The van der Waals surface area contributed by atoms with Gasteiger partial charge in [0.2, 0.25) is 5.95 Å². The zero-order chi connectivity index (χ0) is 22.0. The van der Waals surface area contributed by atoms with Crippen LogP contribution in [0, 0.1) is 6.92 Å². The summed E-state index contributed by atoms with van der Waals surface area (Å²) < 4.78 is 13.4. The summed E-state index contributed by atoms with van der Waals surface area (Å²) in [6, 6.07) is 15.4. The minimum absolute atomic E-state index is 0.237. The average molecular weight is 418 g/mol. The Kier molecular flexibility index (Phi) is 5.75. The van der Waals surface area contributed by atoms with E-state index in [0.717, 1.165) is 11.1 Å². The number of nitrogens with zero attached hydrogens (tertiary/aromatic N) is 3. The van der Waals surface area contributed by atoms with Crippen molar-refractivity contribution in [3.8, 4) is 5.75 Å². The molecule has 0 saturated heterocycles. The number of esters is 1. The van der Waals surface area contributed by atoms with E-state index in [1.165, 1.54) is 11.9 Å². The van der Waals surface area contributed by atoms with Crippen molar-refractivity contribution in [2.24, 2.45) is 0 Å². The van der Waals surface area contributed by atoms with E-state index < -0.39 is 6.04 Å². The number of ether oxygens (including phenoxy) is 2. The molecule has 7 nitrogen and oxygen atoms in total. The maximum Gasteiger partial charge on any atom is 0.338 e. The predicted octanol–water partition coefficient (Wildman–Crippen LogP) is 4.41. The van der Waals surface area contributed by atoms with Crippen LogP contribution >= 0.6 is 0 Å². The molecule has 0 saturated carbocycles. The second kappa shape index (κ2) is 8.63. The van der Waals surface area contributed by atoms with Crippen molar-refractivity contribution in [2.45, 2.75) is 46.4 Å². The summed E-state index contributed by atoms with van der Waals surface area (Å²) in [7, 11) is 0. The Labute approximate surface area is 181 Å². The summed E-state index contributed by atoms with van der Waals surface area (Å²) in [6.45, 7) is 7.98. The number of fused-ring (bicyclic) bond motifs is 1. The van der Waals surface area contributed by atoms with Gasteiger partial charge in [0.05, 0.1) is 11.7 Å². The first-order chi connectivity index (χ1) is 14.9. The van der Waals surface area contributed by atoms with Gasteiger partial charge in [-0.3, -0.25) is 0 Å². The van der Waals surface area contributed by atoms with E-state index >= 15 is 0 Å². The molecule has 2 heterocycles. The summed E-state index contributed by atoms with van der Waals surface area (Å²) >= 11 is 0. The number of anilines is 1. The molecular weight excluding hydrogens is 392 g/mol. The highest BCUT2D eigenvalue weighted by molar-refractivity contribution is 5.92. The van der Waals surface area contributed by atoms with Crippen LogP contribution in [0.2, 0.25) is 0 Å². The molecule has 1 aliphatic rings. The second-order valence-electron chi connectivity index (χ2n) is 7.86. The Bertz CT molecular complexity index is 1120. The highest BCUT2D eigenvalue weighted by atomic mass is 16.5. The molecule has 1 N–H and O–H groups in total. The fourth-order valence-electron chi connectivity index (χ4n) is 3.60. The molecule has 0 fully saturated rings. The molecule has 31 heavy (non-hydrogen) atoms.